The summed E-state index contributed by atoms with van der Waals surface area (Å²) in [4.78, 5) is 0. The second-order valence-electron chi connectivity index (χ2n) is 5.22. The number of benzene rings is 1. The van der Waals surface area contributed by atoms with Crippen LogP contribution in [0.5, 0.6) is 0 Å². The molecule has 1 aromatic heterocycles. The molecule has 1 aliphatic rings. The summed E-state index contributed by atoms with van der Waals surface area (Å²) in [5.41, 5.74) is 1.28. The standard InChI is InChI=1S/C15H19N3O2/c19-15(7-9-20-12-15)11-16-10-13-6-8-18(17-13)14-4-2-1-3-5-14/h1-6,8,16,19H,7,9-12H2. The number of hydrogen-bond donors (Lipinski definition) is 2. The van der Waals surface area contributed by atoms with Gasteiger partial charge >= 0.3 is 0 Å². The first-order valence-electron chi connectivity index (χ1n) is 6.86. The molecule has 20 heavy (non-hydrogen) atoms. The van der Waals surface area contributed by atoms with Crippen LogP contribution in [0.2, 0.25) is 0 Å². The van der Waals surface area contributed by atoms with Gasteiger partial charge in [-0.05, 0) is 18.2 Å². The minimum atomic E-state index is -0.720. The molecule has 0 amide bonds. The number of aromatic nitrogens is 2. The van der Waals surface area contributed by atoms with Gasteiger partial charge in [0.15, 0.2) is 0 Å². The third kappa shape index (κ3) is 3.07. The first kappa shape index (κ1) is 13.3. The van der Waals surface area contributed by atoms with Gasteiger partial charge in [0.1, 0.15) is 5.60 Å². The van der Waals surface area contributed by atoms with Gasteiger partial charge in [-0.1, -0.05) is 18.2 Å². The molecule has 5 nitrogen and oxygen atoms in total. The van der Waals surface area contributed by atoms with E-state index >= 15 is 0 Å². The lowest BCUT2D eigenvalue weighted by Crippen LogP contribution is -2.40. The molecule has 1 saturated heterocycles. The van der Waals surface area contributed by atoms with Crippen molar-refractivity contribution >= 4 is 0 Å². The van der Waals surface area contributed by atoms with Gasteiger partial charge in [0.25, 0.3) is 0 Å². The van der Waals surface area contributed by atoms with Gasteiger partial charge in [-0.3, -0.25) is 0 Å². The van der Waals surface area contributed by atoms with Crippen molar-refractivity contribution in [2.24, 2.45) is 0 Å². The third-order valence-corrected chi connectivity index (χ3v) is 3.51. The maximum Gasteiger partial charge on any atom is 0.103 e. The molecule has 0 saturated carbocycles. The third-order valence-electron chi connectivity index (χ3n) is 3.51. The highest BCUT2D eigenvalue weighted by atomic mass is 16.5. The quantitative estimate of drug-likeness (QED) is 0.857. The first-order valence-corrected chi connectivity index (χ1v) is 6.86. The Bertz CT molecular complexity index is 547. The predicted octanol–water partition coefficient (Wildman–Crippen LogP) is 1.11. The van der Waals surface area contributed by atoms with Crippen molar-refractivity contribution in [3.8, 4) is 5.69 Å². The summed E-state index contributed by atoms with van der Waals surface area (Å²) in [5, 5.41) is 17.9. The first-order chi connectivity index (χ1) is 9.75. The number of ether oxygens (including phenoxy) is 1. The second kappa shape index (κ2) is 5.75. The smallest absolute Gasteiger partial charge is 0.103 e. The predicted molar refractivity (Wildman–Crippen MR) is 75.7 cm³/mol. The molecule has 5 heteroatoms. The van der Waals surface area contributed by atoms with Gasteiger partial charge < -0.3 is 15.2 Å². The van der Waals surface area contributed by atoms with Crippen molar-refractivity contribution in [2.45, 2.75) is 18.6 Å². The van der Waals surface area contributed by atoms with Crippen LogP contribution < -0.4 is 5.32 Å². The van der Waals surface area contributed by atoms with Crippen molar-refractivity contribution in [3.05, 3.63) is 48.3 Å². The molecule has 3 rings (SSSR count). The van der Waals surface area contributed by atoms with Crippen LogP contribution in [0.15, 0.2) is 42.6 Å². The van der Waals surface area contributed by atoms with Crippen LogP contribution in [0.1, 0.15) is 12.1 Å². The molecule has 1 aromatic carbocycles. The van der Waals surface area contributed by atoms with Gasteiger partial charge in [0.2, 0.25) is 0 Å². The van der Waals surface area contributed by atoms with E-state index in [1.54, 1.807) is 0 Å². The SMILES string of the molecule is OC1(CNCc2ccn(-c3ccccc3)n2)CCOC1. The Morgan fingerprint density at radius 1 is 1.30 bits per heavy atom. The summed E-state index contributed by atoms with van der Waals surface area (Å²) in [7, 11) is 0. The minimum absolute atomic E-state index is 0.415. The van der Waals surface area contributed by atoms with Crippen molar-refractivity contribution in [1.82, 2.24) is 15.1 Å². The van der Waals surface area contributed by atoms with E-state index in [-0.39, 0.29) is 0 Å². The van der Waals surface area contributed by atoms with E-state index in [2.05, 4.69) is 10.4 Å². The van der Waals surface area contributed by atoms with E-state index in [4.69, 9.17) is 4.74 Å². The summed E-state index contributed by atoms with van der Waals surface area (Å²) in [5.74, 6) is 0. The molecule has 0 spiro atoms. The molecule has 0 radical (unpaired) electrons. The molecule has 106 valence electrons. The highest BCUT2D eigenvalue weighted by Crippen LogP contribution is 2.17. The highest BCUT2D eigenvalue weighted by Gasteiger charge is 2.31. The van der Waals surface area contributed by atoms with Crippen LogP contribution >= 0.6 is 0 Å². The molecule has 0 bridgehead atoms. The number of nitrogens with zero attached hydrogens (tertiary/aromatic N) is 2. The topological polar surface area (TPSA) is 59.3 Å². The lowest BCUT2D eigenvalue weighted by atomic mass is 10.0. The van der Waals surface area contributed by atoms with Crippen molar-refractivity contribution in [1.29, 1.82) is 0 Å². The van der Waals surface area contributed by atoms with Crippen molar-refractivity contribution in [3.63, 3.8) is 0 Å². The summed E-state index contributed by atoms with van der Waals surface area (Å²) < 4.78 is 7.07. The van der Waals surface area contributed by atoms with E-state index in [1.165, 1.54) is 0 Å². The number of hydrogen-bond acceptors (Lipinski definition) is 4. The Morgan fingerprint density at radius 3 is 2.90 bits per heavy atom. The van der Waals surface area contributed by atoms with Crippen molar-refractivity contribution < 1.29 is 9.84 Å². The van der Waals surface area contributed by atoms with Crippen LogP contribution in [0.3, 0.4) is 0 Å². The molecule has 2 N–H and O–H groups in total. The van der Waals surface area contributed by atoms with E-state index in [0.29, 0.717) is 32.7 Å². The summed E-state index contributed by atoms with van der Waals surface area (Å²) in [6.45, 7) is 2.23. The average Bonchev–Trinajstić information content (AvgIpc) is 3.10. The van der Waals surface area contributed by atoms with E-state index in [0.717, 1.165) is 11.4 Å². The van der Waals surface area contributed by atoms with Crippen LogP contribution in [0.4, 0.5) is 0 Å². The summed E-state index contributed by atoms with van der Waals surface area (Å²) >= 11 is 0. The fraction of sp³-hybridized carbons (Fsp3) is 0.400. The van der Waals surface area contributed by atoms with Gasteiger partial charge in [0.05, 0.1) is 18.0 Å². The molecule has 2 heterocycles. The van der Waals surface area contributed by atoms with Gasteiger partial charge in [-0.2, -0.15) is 5.10 Å². The zero-order valence-corrected chi connectivity index (χ0v) is 11.3. The molecule has 0 aliphatic carbocycles. The maximum absolute atomic E-state index is 10.1. The summed E-state index contributed by atoms with van der Waals surface area (Å²) in [6.07, 6.45) is 2.64. The monoisotopic (exact) mass is 273 g/mol. The van der Waals surface area contributed by atoms with E-state index in [9.17, 15) is 5.11 Å². The van der Waals surface area contributed by atoms with Gasteiger partial charge in [-0.15, -0.1) is 0 Å². The number of nitrogens with one attached hydrogen (secondary N) is 1. The zero-order valence-electron chi connectivity index (χ0n) is 11.3. The van der Waals surface area contributed by atoms with Gasteiger partial charge in [0, 0.05) is 32.3 Å². The largest absolute Gasteiger partial charge is 0.386 e. The molecular weight excluding hydrogens is 254 g/mol. The molecule has 2 aromatic rings. The van der Waals surface area contributed by atoms with E-state index < -0.39 is 5.60 Å². The Kier molecular flexibility index (Phi) is 3.82. The molecule has 1 aliphatic heterocycles. The Hall–Kier alpha value is -1.69. The number of para-hydroxylation sites is 1. The lowest BCUT2D eigenvalue weighted by molar-refractivity contribution is 0.0268. The Balaban J connectivity index is 1.55. The fourth-order valence-electron chi connectivity index (χ4n) is 2.34. The van der Waals surface area contributed by atoms with Crippen molar-refractivity contribution in [2.75, 3.05) is 19.8 Å². The highest BCUT2D eigenvalue weighted by molar-refractivity contribution is 5.30. The minimum Gasteiger partial charge on any atom is -0.386 e. The van der Waals surface area contributed by atoms with Crippen LogP contribution in [0.25, 0.3) is 5.69 Å². The van der Waals surface area contributed by atoms with E-state index in [1.807, 2.05) is 47.3 Å². The van der Waals surface area contributed by atoms with Crippen LogP contribution in [-0.4, -0.2) is 40.2 Å². The fourth-order valence-corrected chi connectivity index (χ4v) is 2.34. The molecule has 1 fully saturated rings. The van der Waals surface area contributed by atoms with Crippen LogP contribution in [-0.2, 0) is 11.3 Å². The summed E-state index contributed by atoms with van der Waals surface area (Å²) in [6, 6.07) is 12.0. The molecular formula is C15H19N3O2. The number of aliphatic hydroxyl groups is 1. The van der Waals surface area contributed by atoms with Crippen LogP contribution in [0, 0.1) is 0 Å². The maximum atomic E-state index is 10.1. The molecule has 1 unspecified atom stereocenters. The Morgan fingerprint density at radius 2 is 2.15 bits per heavy atom. The van der Waals surface area contributed by atoms with Gasteiger partial charge in [-0.25, -0.2) is 4.68 Å². The molecule has 1 atom stereocenters. The Labute approximate surface area is 118 Å². The normalized spacial score (nSPS) is 22.2. The number of rotatable bonds is 5. The second-order valence-corrected chi connectivity index (χ2v) is 5.22. The lowest BCUT2D eigenvalue weighted by Gasteiger charge is -2.20. The average molecular weight is 273 g/mol. The zero-order chi connectivity index (χ0) is 13.8.